The van der Waals surface area contributed by atoms with Gasteiger partial charge >= 0.3 is 5.97 Å². The molecule has 10 unspecified atom stereocenters. The number of ketones is 1. The Morgan fingerprint density at radius 3 is 2.17 bits per heavy atom. The Morgan fingerprint density at radius 2 is 1.60 bits per heavy atom. The first kappa shape index (κ1) is 32.1. The van der Waals surface area contributed by atoms with E-state index in [9.17, 15) is 30.0 Å². The molecule has 0 radical (unpaired) electrons. The number of fused-ring (bicyclic) bond motifs is 7. The Hall–Kier alpha value is -1.32. The molecule has 0 bridgehead atoms. The number of ether oxygens (including phenoxy) is 2. The first-order valence-corrected chi connectivity index (χ1v) is 16.7. The Bertz CT molecular complexity index is 1090. The zero-order valence-corrected chi connectivity index (χ0v) is 26.4. The van der Waals surface area contributed by atoms with Gasteiger partial charge in [0.2, 0.25) is 0 Å². The molecule has 1 heterocycles. The number of unbranched alkanes of at least 4 members (excludes halogenated alkanes) is 10. The number of hydrogen-bond donors (Lipinski definition) is 4. The van der Waals surface area contributed by atoms with Gasteiger partial charge in [0.15, 0.2) is 11.4 Å². The van der Waals surface area contributed by atoms with Crippen LogP contribution >= 0.6 is 0 Å². The number of Topliss-reactive ketones (excluding diaryl/α,β-unsaturated/α-hetero) is 1. The second-order valence-corrected chi connectivity index (χ2v) is 14.9. The van der Waals surface area contributed by atoms with Crippen molar-refractivity contribution in [3.05, 3.63) is 11.6 Å². The van der Waals surface area contributed by atoms with Crippen molar-refractivity contribution in [3.63, 3.8) is 0 Å². The zero-order chi connectivity index (χ0) is 30.7. The number of carbonyl (C=O) groups is 2. The number of epoxide rings is 1. The van der Waals surface area contributed by atoms with Crippen molar-refractivity contribution >= 4 is 11.8 Å². The van der Waals surface area contributed by atoms with E-state index in [1.54, 1.807) is 13.0 Å². The van der Waals surface area contributed by atoms with Crippen LogP contribution in [0.5, 0.6) is 0 Å². The van der Waals surface area contributed by atoms with Crippen LogP contribution in [0.15, 0.2) is 11.6 Å². The fourth-order valence-corrected chi connectivity index (χ4v) is 9.63. The largest absolute Gasteiger partial charge is 0.458 e. The summed E-state index contributed by atoms with van der Waals surface area (Å²) in [6, 6.07) is 0. The van der Waals surface area contributed by atoms with Gasteiger partial charge in [0, 0.05) is 29.6 Å². The molecular weight excluding hydrogens is 536 g/mol. The minimum absolute atomic E-state index is 0.235. The van der Waals surface area contributed by atoms with E-state index in [1.807, 2.05) is 20.8 Å². The van der Waals surface area contributed by atoms with Gasteiger partial charge in [-0.1, -0.05) is 98.0 Å². The Morgan fingerprint density at radius 1 is 1.02 bits per heavy atom. The maximum Gasteiger partial charge on any atom is 0.306 e. The van der Waals surface area contributed by atoms with Crippen LogP contribution in [0.4, 0.5) is 0 Å². The van der Waals surface area contributed by atoms with E-state index >= 15 is 0 Å². The van der Waals surface area contributed by atoms with E-state index in [-0.39, 0.29) is 17.5 Å². The van der Waals surface area contributed by atoms with E-state index in [4.69, 9.17) is 9.47 Å². The summed E-state index contributed by atoms with van der Waals surface area (Å²) in [6.45, 7) is 9.14. The van der Waals surface area contributed by atoms with Crippen LogP contribution in [0.1, 0.15) is 118 Å². The summed E-state index contributed by atoms with van der Waals surface area (Å²) in [6.07, 6.45) is 13.1. The topological polar surface area (TPSA) is 137 Å². The second kappa shape index (κ2) is 11.2. The van der Waals surface area contributed by atoms with Gasteiger partial charge < -0.3 is 29.9 Å². The van der Waals surface area contributed by atoms with Gasteiger partial charge in [-0.15, -0.1) is 0 Å². The van der Waals surface area contributed by atoms with Gasteiger partial charge in [0.25, 0.3) is 0 Å². The minimum Gasteiger partial charge on any atom is -0.458 e. The Kier molecular flexibility index (Phi) is 8.59. The predicted molar refractivity (Wildman–Crippen MR) is 157 cm³/mol. The first-order chi connectivity index (χ1) is 19.8. The molecule has 0 amide bonds. The average Bonchev–Trinajstić information content (AvgIpc) is 3.76. The monoisotopic (exact) mass is 590 g/mol. The van der Waals surface area contributed by atoms with Gasteiger partial charge in [-0.25, -0.2) is 0 Å². The molecule has 3 saturated carbocycles. The number of aliphatic hydroxyl groups excluding tert-OH is 2. The Balaban J connectivity index is 1.24. The normalized spacial score (nSPS) is 44.3. The SMILES string of the molecule is CCCCCCCCCCCCCC(=O)OC12CC(C)C3(O)C(C4OC4(CO)C(O)C4(O)C(=O)C(C)=CC43)C1C2(C)C. The minimum atomic E-state index is -2.30. The van der Waals surface area contributed by atoms with E-state index in [0.717, 1.165) is 19.3 Å². The summed E-state index contributed by atoms with van der Waals surface area (Å²) in [5, 5.41) is 46.2. The smallest absolute Gasteiger partial charge is 0.306 e. The fraction of sp³-hybridized carbons (Fsp3) is 0.882. The highest BCUT2D eigenvalue weighted by Crippen LogP contribution is 2.79. The number of esters is 1. The van der Waals surface area contributed by atoms with E-state index in [1.165, 1.54) is 51.4 Å². The Labute approximate surface area is 251 Å². The zero-order valence-electron chi connectivity index (χ0n) is 26.4. The highest BCUT2D eigenvalue weighted by Gasteiger charge is 2.90. The van der Waals surface area contributed by atoms with Gasteiger partial charge in [-0.05, 0) is 31.3 Å². The van der Waals surface area contributed by atoms with Crippen LogP contribution < -0.4 is 0 Å². The van der Waals surface area contributed by atoms with Gasteiger partial charge in [0.05, 0.1) is 18.3 Å². The van der Waals surface area contributed by atoms with Crippen LogP contribution in [0.2, 0.25) is 0 Å². The van der Waals surface area contributed by atoms with Crippen LogP contribution in [0.25, 0.3) is 0 Å². The van der Waals surface area contributed by atoms with Crippen molar-refractivity contribution < 1.29 is 39.5 Å². The fourth-order valence-electron chi connectivity index (χ4n) is 9.63. The molecule has 0 aromatic heterocycles. The average molecular weight is 591 g/mol. The van der Waals surface area contributed by atoms with Gasteiger partial charge in [-0.3, -0.25) is 9.59 Å². The molecule has 42 heavy (non-hydrogen) atoms. The molecule has 4 aliphatic carbocycles. The van der Waals surface area contributed by atoms with Crippen molar-refractivity contribution in [1.82, 2.24) is 0 Å². The molecule has 0 aromatic carbocycles. The van der Waals surface area contributed by atoms with E-state index in [0.29, 0.717) is 12.8 Å². The molecule has 1 aliphatic heterocycles. The third kappa shape index (κ3) is 4.48. The standard InChI is InChI=1S/C34H54O8/c1-6-7-8-9-10-11-12-13-14-15-16-17-24(36)41-32-19-22(3)33(39)23-18-21(2)27(37)34(23,40)29(38)31(20-35)28(42-31)25(33)26(32)30(32,4)5/h18,22-23,25-26,28-29,35,38-40H,6-17,19-20H2,1-5H3. The summed E-state index contributed by atoms with van der Waals surface area (Å²) in [5.74, 6) is -3.39. The van der Waals surface area contributed by atoms with Crippen molar-refractivity contribution in [3.8, 4) is 0 Å². The van der Waals surface area contributed by atoms with Crippen molar-refractivity contribution in [2.24, 2.45) is 29.1 Å². The molecular formula is C34H54O8. The summed E-state index contributed by atoms with van der Waals surface area (Å²) in [5.41, 5.74) is -6.50. The van der Waals surface area contributed by atoms with Crippen LogP contribution in [0.3, 0.4) is 0 Å². The quantitative estimate of drug-likeness (QED) is 0.133. The predicted octanol–water partition coefficient (Wildman–Crippen LogP) is 4.39. The third-order valence-corrected chi connectivity index (χ3v) is 12.2. The summed E-state index contributed by atoms with van der Waals surface area (Å²) in [7, 11) is 0. The lowest BCUT2D eigenvalue weighted by Gasteiger charge is -2.51. The molecule has 5 aliphatic rings. The third-order valence-electron chi connectivity index (χ3n) is 12.2. The van der Waals surface area contributed by atoms with Gasteiger partial charge in [-0.2, -0.15) is 0 Å². The van der Waals surface area contributed by atoms with Crippen LogP contribution in [-0.2, 0) is 19.1 Å². The molecule has 1 saturated heterocycles. The van der Waals surface area contributed by atoms with Gasteiger partial charge in [0.1, 0.15) is 17.3 Å². The lowest BCUT2D eigenvalue weighted by atomic mass is 9.59. The van der Waals surface area contributed by atoms with Crippen molar-refractivity contribution in [1.29, 1.82) is 0 Å². The van der Waals surface area contributed by atoms with Crippen LogP contribution in [0, 0.1) is 29.1 Å². The number of hydrogen-bond acceptors (Lipinski definition) is 8. The summed E-state index contributed by atoms with van der Waals surface area (Å²) in [4.78, 5) is 26.4. The van der Waals surface area contributed by atoms with E-state index in [2.05, 4.69) is 6.92 Å². The molecule has 8 nitrogen and oxygen atoms in total. The second-order valence-electron chi connectivity index (χ2n) is 14.9. The summed E-state index contributed by atoms with van der Waals surface area (Å²) >= 11 is 0. The molecule has 0 spiro atoms. The molecule has 10 atom stereocenters. The number of rotatable bonds is 14. The maximum atomic E-state index is 13.2. The van der Waals surface area contributed by atoms with Crippen molar-refractivity contribution in [2.75, 3.05) is 6.61 Å². The van der Waals surface area contributed by atoms with E-state index < -0.39 is 70.2 Å². The molecule has 238 valence electrons. The molecule has 8 heteroatoms. The summed E-state index contributed by atoms with van der Waals surface area (Å²) < 4.78 is 12.3. The molecule has 0 aromatic rings. The molecule has 5 rings (SSSR count). The lowest BCUT2D eigenvalue weighted by Crippen LogP contribution is -2.65. The highest BCUT2D eigenvalue weighted by molar-refractivity contribution is 6.05. The molecule has 4 fully saturated rings. The number of aliphatic hydroxyl groups is 4. The maximum absolute atomic E-state index is 13.2. The lowest BCUT2D eigenvalue weighted by molar-refractivity contribution is -0.215. The first-order valence-electron chi connectivity index (χ1n) is 16.7. The highest BCUT2D eigenvalue weighted by atomic mass is 16.6. The molecule has 4 N–H and O–H groups in total. The van der Waals surface area contributed by atoms with Crippen LogP contribution in [-0.4, -0.2) is 73.4 Å². The van der Waals surface area contributed by atoms with Crippen molar-refractivity contribution in [2.45, 2.75) is 153 Å². The number of carbonyl (C=O) groups excluding carboxylic acids is 2.